The van der Waals surface area contributed by atoms with Gasteiger partial charge in [0, 0.05) is 38.3 Å². The van der Waals surface area contributed by atoms with Crippen molar-refractivity contribution in [3.8, 4) is 0 Å². The quantitative estimate of drug-likeness (QED) is 0.596. The number of imide groups is 1. The zero-order valence-electron chi connectivity index (χ0n) is 11.8. The van der Waals surface area contributed by atoms with Gasteiger partial charge in [0.25, 0.3) is 11.8 Å². The zero-order valence-corrected chi connectivity index (χ0v) is 11.8. The molecular formula is C14H21N3O3. The summed E-state index contributed by atoms with van der Waals surface area (Å²) < 4.78 is 0. The lowest BCUT2D eigenvalue weighted by molar-refractivity contribution is -0.136. The smallest absolute Gasteiger partial charge is 0.317 e. The van der Waals surface area contributed by atoms with E-state index in [-0.39, 0.29) is 17.8 Å². The molecule has 0 aromatic rings. The highest BCUT2D eigenvalue weighted by atomic mass is 16.2. The number of hydrogen-bond acceptors (Lipinski definition) is 3. The van der Waals surface area contributed by atoms with E-state index in [9.17, 15) is 14.4 Å². The Hall–Kier alpha value is -1.85. The SMILES string of the molecule is CC1CCN(C(=O)NCCCCN2C(=O)C=CC2=O)C1. The number of unbranched alkanes of at least 4 members (excludes halogenated alkanes) is 1. The second-order valence-corrected chi connectivity index (χ2v) is 5.44. The van der Waals surface area contributed by atoms with Crippen LogP contribution < -0.4 is 5.32 Å². The van der Waals surface area contributed by atoms with Crippen molar-refractivity contribution >= 4 is 17.8 Å². The first-order valence-electron chi connectivity index (χ1n) is 7.14. The minimum atomic E-state index is -0.245. The third kappa shape index (κ3) is 3.59. The summed E-state index contributed by atoms with van der Waals surface area (Å²) in [4.78, 5) is 37.5. The Balaban J connectivity index is 1.57. The van der Waals surface area contributed by atoms with Gasteiger partial charge in [0.15, 0.2) is 0 Å². The van der Waals surface area contributed by atoms with Crippen LogP contribution in [0.3, 0.4) is 0 Å². The average Bonchev–Trinajstić information content (AvgIpc) is 2.98. The molecule has 1 unspecified atom stereocenters. The van der Waals surface area contributed by atoms with Crippen LogP contribution in [-0.2, 0) is 9.59 Å². The maximum absolute atomic E-state index is 11.8. The van der Waals surface area contributed by atoms with Crippen LogP contribution in [-0.4, -0.2) is 53.8 Å². The lowest BCUT2D eigenvalue weighted by Gasteiger charge is -2.17. The number of carbonyl (C=O) groups excluding carboxylic acids is 3. The van der Waals surface area contributed by atoms with E-state index in [1.165, 1.54) is 17.1 Å². The standard InChI is InChI=1S/C14H21N3O3/c1-11-6-9-16(10-11)14(20)15-7-2-3-8-17-12(18)4-5-13(17)19/h4-5,11H,2-3,6-10H2,1H3,(H,15,20). The van der Waals surface area contributed by atoms with Gasteiger partial charge >= 0.3 is 6.03 Å². The highest BCUT2D eigenvalue weighted by molar-refractivity contribution is 6.12. The van der Waals surface area contributed by atoms with Gasteiger partial charge < -0.3 is 10.2 Å². The number of carbonyl (C=O) groups is 3. The van der Waals surface area contributed by atoms with E-state index in [4.69, 9.17) is 0 Å². The Morgan fingerprint density at radius 3 is 2.60 bits per heavy atom. The predicted octanol–water partition coefficient (Wildman–Crippen LogP) is 0.743. The molecule has 0 saturated carbocycles. The van der Waals surface area contributed by atoms with Gasteiger partial charge in [-0.1, -0.05) is 6.92 Å². The van der Waals surface area contributed by atoms with E-state index in [1.54, 1.807) is 0 Å². The first kappa shape index (κ1) is 14.6. The molecule has 20 heavy (non-hydrogen) atoms. The Labute approximate surface area is 118 Å². The molecule has 6 nitrogen and oxygen atoms in total. The van der Waals surface area contributed by atoms with E-state index in [1.807, 2.05) is 4.90 Å². The maximum Gasteiger partial charge on any atom is 0.317 e. The molecule has 0 radical (unpaired) electrons. The molecule has 1 saturated heterocycles. The maximum atomic E-state index is 11.8. The van der Waals surface area contributed by atoms with Crippen molar-refractivity contribution in [2.24, 2.45) is 5.92 Å². The number of rotatable bonds is 5. The lowest BCUT2D eigenvalue weighted by atomic mass is 10.2. The van der Waals surface area contributed by atoms with Crippen molar-refractivity contribution < 1.29 is 14.4 Å². The third-order valence-electron chi connectivity index (χ3n) is 3.70. The second kappa shape index (κ2) is 6.54. The van der Waals surface area contributed by atoms with Gasteiger partial charge in [0.05, 0.1) is 0 Å². The van der Waals surface area contributed by atoms with Gasteiger partial charge in [0.2, 0.25) is 0 Å². The van der Waals surface area contributed by atoms with E-state index in [2.05, 4.69) is 12.2 Å². The van der Waals surface area contributed by atoms with Crippen LogP contribution in [0.2, 0.25) is 0 Å². The molecule has 110 valence electrons. The highest BCUT2D eigenvalue weighted by Gasteiger charge is 2.23. The van der Waals surface area contributed by atoms with Crippen molar-refractivity contribution in [1.29, 1.82) is 0 Å². The minimum absolute atomic E-state index is 0.00987. The summed E-state index contributed by atoms with van der Waals surface area (Å²) in [6.07, 6.45) is 5.11. The van der Waals surface area contributed by atoms with Crippen molar-refractivity contribution in [3.63, 3.8) is 0 Å². The number of nitrogens with one attached hydrogen (secondary N) is 1. The summed E-state index contributed by atoms with van der Waals surface area (Å²) in [5.41, 5.74) is 0. The number of hydrogen-bond donors (Lipinski definition) is 1. The molecule has 4 amide bonds. The number of nitrogens with zero attached hydrogens (tertiary/aromatic N) is 2. The molecule has 0 spiro atoms. The van der Waals surface area contributed by atoms with Crippen molar-refractivity contribution in [2.45, 2.75) is 26.2 Å². The fraction of sp³-hybridized carbons (Fsp3) is 0.643. The van der Waals surface area contributed by atoms with Gasteiger partial charge in [-0.15, -0.1) is 0 Å². The molecule has 0 aromatic carbocycles. The monoisotopic (exact) mass is 279 g/mol. The van der Waals surface area contributed by atoms with Gasteiger partial charge in [-0.05, 0) is 25.2 Å². The fourth-order valence-corrected chi connectivity index (χ4v) is 2.47. The summed E-state index contributed by atoms with van der Waals surface area (Å²) in [5.74, 6) is 0.0932. The van der Waals surface area contributed by atoms with Crippen LogP contribution >= 0.6 is 0 Å². The van der Waals surface area contributed by atoms with E-state index in [0.29, 0.717) is 25.4 Å². The topological polar surface area (TPSA) is 69.7 Å². The van der Waals surface area contributed by atoms with Crippen LogP contribution in [0.1, 0.15) is 26.2 Å². The second-order valence-electron chi connectivity index (χ2n) is 5.44. The molecule has 0 aliphatic carbocycles. The molecule has 0 aromatic heterocycles. The van der Waals surface area contributed by atoms with Crippen LogP contribution in [0.4, 0.5) is 4.79 Å². The lowest BCUT2D eigenvalue weighted by Crippen LogP contribution is -2.39. The Morgan fingerprint density at radius 1 is 1.30 bits per heavy atom. The van der Waals surface area contributed by atoms with E-state index >= 15 is 0 Å². The molecule has 6 heteroatoms. The molecule has 2 heterocycles. The van der Waals surface area contributed by atoms with Crippen molar-refractivity contribution in [2.75, 3.05) is 26.2 Å². The van der Waals surface area contributed by atoms with Gasteiger partial charge in [-0.2, -0.15) is 0 Å². The van der Waals surface area contributed by atoms with E-state index < -0.39 is 0 Å². The van der Waals surface area contributed by atoms with Crippen molar-refractivity contribution in [3.05, 3.63) is 12.2 Å². The normalized spacial score (nSPS) is 21.9. The first-order chi connectivity index (χ1) is 9.58. The summed E-state index contributed by atoms with van der Waals surface area (Å²) in [6, 6.07) is -0.00987. The molecule has 1 fully saturated rings. The number of urea groups is 1. The van der Waals surface area contributed by atoms with Gasteiger partial charge in [-0.25, -0.2) is 4.79 Å². The Bertz CT molecular complexity index is 415. The largest absolute Gasteiger partial charge is 0.338 e. The average molecular weight is 279 g/mol. The third-order valence-corrected chi connectivity index (χ3v) is 3.70. The van der Waals surface area contributed by atoms with Crippen LogP contribution in [0, 0.1) is 5.92 Å². The summed E-state index contributed by atoms with van der Waals surface area (Å²) in [7, 11) is 0. The number of likely N-dealkylation sites (tertiary alicyclic amines) is 1. The molecule has 2 aliphatic rings. The predicted molar refractivity (Wildman–Crippen MR) is 73.8 cm³/mol. The molecule has 2 aliphatic heterocycles. The molecule has 2 rings (SSSR count). The summed E-state index contributed by atoms with van der Waals surface area (Å²) >= 11 is 0. The molecule has 1 atom stereocenters. The van der Waals surface area contributed by atoms with Crippen LogP contribution in [0.25, 0.3) is 0 Å². The molecular weight excluding hydrogens is 258 g/mol. The van der Waals surface area contributed by atoms with Crippen molar-refractivity contribution in [1.82, 2.24) is 15.1 Å². The Morgan fingerprint density at radius 2 is 2.00 bits per heavy atom. The Kier molecular flexibility index (Phi) is 4.76. The van der Waals surface area contributed by atoms with Gasteiger partial charge in [-0.3, -0.25) is 14.5 Å². The number of amides is 4. The molecule has 0 bridgehead atoms. The first-order valence-corrected chi connectivity index (χ1v) is 7.14. The van der Waals surface area contributed by atoms with Gasteiger partial charge in [0.1, 0.15) is 0 Å². The summed E-state index contributed by atoms with van der Waals surface area (Å²) in [5, 5.41) is 2.88. The molecule has 1 N–H and O–H groups in total. The van der Waals surface area contributed by atoms with Crippen LogP contribution in [0.15, 0.2) is 12.2 Å². The zero-order chi connectivity index (χ0) is 14.5. The summed E-state index contributed by atoms with van der Waals surface area (Å²) in [6.45, 7) is 4.80. The van der Waals surface area contributed by atoms with E-state index in [0.717, 1.165) is 25.9 Å². The highest BCUT2D eigenvalue weighted by Crippen LogP contribution is 2.14. The van der Waals surface area contributed by atoms with Crippen LogP contribution in [0.5, 0.6) is 0 Å². The fourth-order valence-electron chi connectivity index (χ4n) is 2.47. The minimum Gasteiger partial charge on any atom is -0.338 e.